The maximum atomic E-state index is 11.4. The van der Waals surface area contributed by atoms with Gasteiger partial charge in [-0.1, -0.05) is 29.8 Å². The van der Waals surface area contributed by atoms with Crippen LogP contribution in [0.5, 0.6) is 0 Å². The van der Waals surface area contributed by atoms with Gasteiger partial charge in [0.15, 0.2) is 0 Å². The van der Waals surface area contributed by atoms with E-state index in [1.165, 1.54) is 0 Å². The molecule has 0 saturated carbocycles. The maximum Gasteiger partial charge on any atom is 0.308 e. The van der Waals surface area contributed by atoms with Crippen LogP contribution in [0.25, 0.3) is 23.1 Å². The molecule has 1 N–H and O–H groups in total. The second kappa shape index (κ2) is 9.19. The molecule has 0 bridgehead atoms. The number of nitrogens with zero attached hydrogens (tertiary/aromatic N) is 3. The van der Waals surface area contributed by atoms with Gasteiger partial charge in [0, 0.05) is 29.9 Å². The molecule has 0 unspecified atom stereocenters. The molecule has 29 heavy (non-hydrogen) atoms. The van der Waals surface area contributed by atoms with Crippen LogP contribution in [-0.4, -0.2) is 34.4 Å². The molecule has 0 spiro atoms. The highest BCUT2D eigenvalue weighted by Crippen LogP contribution is 2.26. The summed E-state index contributed by atoms with van der Waals surface area (Å²) in [6, 6.07) is 15.7. The smallest absolute Gasteiger partial charge is 0.308 e. The van der Waals surface area contributed by atoms with Crippen LogP contribution in [0.3, 0.4) is 0 Å². The Bertz CT molecular complexity index is 985. The number of aliphatic carboxylic acids is 1. The van der Waals surface area contributed by atoms with E-state index in [0.29, 0.717) is 11.5 Å². The highest BCUT2D eigenvalue weighted by molar-refractivity contribution is 5.89. The molecule has 1 aromatic heterocycles. The molecule has 0 atom stereocenters. The van der Waals surface area contributed by atoms with Crippen LogP contribution < -0.4 is 4.90 Å². The van der Waals surface area contributed by atoms with Crippen molar-refractivity contribution in [2.45, 2.75) is 27.2 Å². The maximum absolute atomic E-state index is 11.4. The molecular formula is C23H25N3O3. The minimum absolute atomic E-state index is 0.201. The summed E-state index contributed by atoms with van der Waals surface area (Å²) in [5, 5.41) is 17.5. The molecule has 2 aromatic carbocycles. The molecule has 0 radical (unpaired) electrons. The number of rotatable bonds is 8. The summed E-state index contributed by atoms with van der Waals surface area (Å²) in [5.41, 5.74) is 4.42. The van der Waals surface area contributed by atoms with Crippen molar-refractivity contribution in [1.82, 2.24) is 10.2 Å². The van der Waals surface area contributed by atoms with Gasteiger partial charge in [0.2, 0.25) is 11.8 Å². The van der Waals surface area contributed by atoms with Crippen LogP contribution in [0.15, 0.2) is 52.9 Å². The Hall–Kier alpha value is -3.41. The van der Waals surface area contributed by atoms with Crippen LogP contribution in [-0.2, 0) is 4.79 Å². The molecule has 3 aromatic rings. The highest BCUT2D eigenvalue weighted by Gasteiger charge is 2.16. The number of hydrogen-bond acceptors (Lipinski definition) is 5. The van der Waals surface area contributed by atoms with E-state index >= 15 is 0 Å². The SMILES string of the molecule is CCN(CC)c1ccc(/C=C(\CC(=O)O)c2nnc(-c3ccc(C)cc3)o2)cc1. The summed E-state index contributed by atoms with van der Waals surface area (Å²) in [6.45, 7) is 8.09. The molecule has 6 heteroatoms. The zero-order valence-electron chi connectivity index (χ0n) is 16.9. The van der Waals surface area contributed by atoms with Crippen molar-refractivity contribution in [1.29, 1.82) is 0 Å². The van der Waals surface area contributed by atoms with Gasteiger partial charge in [-0.25, -0.2) is 0 Å². The first-order chi connectivity index (χ1) is 14.0. The minimum Gasteiger partial charge on any atom is -0.481 e. The summed E-state index contributed by atoms with van der Waals surface area (Å²) in [7, 11) is 0. The Morgan fingerprint density at radius 3 is 2.28 bits per heavy atom. The molecular weight excluding hydrogens is 366 g/mol. The molecule has 0 fully saturated rings. The van der Waals surface area contributed by atoms with E-state index in [1.54, 1.807) is 6.08 Å². The normalized spacial score (nSPS) is 11.5. The largest absolute Gasteiger partial charge is 0.481 e. The zero-order chi connectivity index (χ0) is 20.8. The van der Waals surface area contributed by atoms with E-state index in [4.69, 9.17) is 4.42 Å². The number of benzene rings is 2. The Morgan fingerprint density at radius 2 is 1.69 bits per heavy atom. The summed E-state index contributed by atoms with van der Waals surface area (Å²) in [4.78, 5) is 13.6. The second-order valence-corrected chi connectivity index (χ2v) is 6.78. The molecule has 6 nitrogen and oxygen atoms in total. The lowest BCUT2D eigenvalue weighted by atomic mass is 10.1. The van der Waals surface area contributed by atoms with Crippen molar-refractivity contribution in [3.63, 3.8) is 0 Å². The number of aromatic nitrogens is 2. The first-order valence-electron chi connectivity index (χ1n) is 9.68. The fourth-order valence-electron chi connectivity index (χ4n) is 3.09. The molecule has 3 rings (SSSR count). The fourth-order valence-corrected chi connectivity index (χ4v) is 3.09. The second-order valence-electron chi connectivity index (χ2n) is 6.78. The molecule has 150 valence electrons. The summed E-state index contributed by atoms with van der Waals surface area (Å²) < 4.78 is 5.78. The molecule has 0 amide bonds. The molecule has 0 saturated heterocycles. The average Bonchev–Trinajstić information content (AvgIpc) is 3.20. The van der Waals surface area contributed by atoms with Gasteiger partial charge >= 0.3 is 5.97 Å². The predicted molar refractivity (Wildman–Crippen MR) is 115 cm³/mol. The first kappa shape index (κ1) is 20.3. The van der Waals surface area contributed by atoms with Crippen molar-refractivity contribution >= 4 is 23.3 Å². The summed E-state index contributed by atoms with van der Waals surface area (Å²) in [5.74, 6) is -0.366. The van der Waals surface area contributed by atoms with E-state index in [9.17, 15) is 9.90 Å². The number of carbonyl (C=O) groups is 1. The van der Waals surface area contributed by atoms with Crippen LogP contribution in [0.4, 0.5) is 5.69 Å². The van der Waals surface area contributed by atoms with Gasteiger partial charge in [-0.3, -0.25) is 4.79 Å². The van der Waals surface area contributed by atoms with Gasteiger partial charge in [0.25, 0.3) is 0 Å². The van der Waals surface area contributed by atoms with E-state index in [2.05, 4.69) is 28.9 Å². The lowest BCUT2D eigenvalue weighted by molar-refractivity contribution is -0.135. The van der Waals surface area contributed by atoms with E-state index in [1.807, 2.05) is 55.5 Å². The first-order valence-corrected chi connectivity index (χ1v) is 9.68. The Labute approximate surface area is 170 Å². The number of aryl methyl sites for hydroxylation is 1. The minimum atomic E-state index is -0.953. The summed E-state index contributed by atoms with van der Waals surface area (Å²) in [6.07, 6.45) is 1.58. The number of hydrogen-bond donors (Lipinski definition) is 1. The van der Waals surface area contributed by atoms with Crippen molar-refractivity contribution in [2.75, 3.05) is 18.0 Å². The third-order valence-electron chi connectivity index (χ3n) is 4.70. The number of carboxylic acids is 1. The number of anilines is 1. The van der Waals surface area contributed by atoms with Crippen molar-refractivity contribution in [3.8, 4) is 11.5 Å². The van der Waals surface area contributed by atoms with E-state index < -0.39 is 5.97 Å². The van der Waals surface area contributed by atoms with Crippen LogP contribution >= 0.6 is 0 Å². The quantitative estimate of drug-likeness (QED) is 0.588. The molecule has 0 aliphatic carbocycles. The van der Waals surface area contributed by atoms with Gasteiger partial charge in [-0.2, -0.15) is 0 Å². The summed E-state index contributed by atoms with van der Waals surface area (Å²) >= 11 is 0. The standard InChI is InChI=1S/C23H25N3O3/c1-4-26(5-2)20-12-8-17(9-13-20)14-19(15-21(27)28)23-25-24-22(29-23)18-10-6-16(3)7-11-18/h6-14H,4-5,15H2,1-3H3,(H,27,28)/b19-14+. The monoisotopic (exact) mass is 391 g/mol. The molecule has 1 heterocycles. The lowest BCUT2D eigenvalue weighted by Gasteiger charge is -2.20. The van der Waals surface area contributed by atoms with Crippen LogP contribution in [0.1, 0.15) is 37.3 Å². The zero-order valence-corrected chi connectivity index (χ0v) is 16.9. The third-order valence-corrected chi connectivity index (χ3v) is 4.70. The Morgan fingerprint density at radius 1 is 1.03 bits per heavy atom. The van der Waals surface area contributed by atoms with Gasteiger partial charge in [0.1, 0.15) is 0 Å². The van der Waals surface area contributed by atoms with Gasteiger partial charge in [-0.15, -0.1) is 10.2 Å². The Balaban J connectivity index is 1.90. The molecule has 0 aliphatic rings. The average molecular weight is 391 g/mol. The van der Waals surface area contributed by atoms with Gasteiger partial charge in [0.05, 0.1) is 6.42 Å². The Kier molecular flexibility index (Phi) is 6.44. The fraction of sp³-hybridized carbons (Fsp3) is 0.261. The topological polar surface area (TPSA) is 79.5 Å². The van der Waals surface area contributed by atoms with Crippen molar-refractivity contribution in [3.05, 3.63) is 65.5 Å². The lowest BCUT2D eigenvalue weighted by Crippen LogP contribution is -2.21. The highest BCUT2D eigenvalue weighted by atomic mass is 16.4. The van der Waals surface area contributed by atoms with Crippen molar-refractivity contribution in [2.24, 2.45) is 0 Å². The van der Waals surface area contributed by atoms with E-state index in [0.717, 1.165) is 35.5 Å². The molecule has 0 aliphatic heterocycles. The van der Waals surface area contributed by atoms with Gasteiger partial charge < -0.3 is 14.4 Å². The predicted octanol–water partition coefficient (Wildman–Crippen LogP) is 4.91. The van der Waals surface area contributed by atoms with Gasteiger partial charge in [-0.05, 0) is 56.7 Å². The number of carboxylic acid groups (broad SMARTS) is 1. The van der Waals surface area contributed by atoms with Crippen LogP contribution in [0, 0.1) is 6.92 Å². The van der Waals surface area contributed by atoms with Crippen LogP contribution in [0.2, 0.25) is 0 Å². The van der Waals surface area contributed by atoms with E-state index in [-0.39, 0.29) is 12.3 Å². The third kappa shape index (κ3) is 5.10. The van der Waals surface area contributed by atoms with Crippen molar-refractivity contribution < 1.29 is 14.3 Å².